The molecule has 2 aromatic carbocycles. The molecule has 2 aromatic rings. The van der Waals surface area contributed by atoms with E-state index in [0.29, 0.717) is 0 Å². The molecule has 0 saturated carbocycles. The summed E-state index contributed by atoms with van der Waals surface area (Å²) in [5.41, 5.74) is 12.0. The Morgan fingerprint density at radius 3 is 0.667 bits per heavy atom. The van der Waals surface area contributed by atoms with Crippen LogP contribution in [0.5, 0.6) is 0 Å². The maximum atomic E-state index is 3.12. The highest BCUT2D eigenvalue weighted by molar-refractivity contribution is 5.56. The van der Waals surface area contributed by atoms with E-state index in [0.717, 1.165) is 22.3 Å². The highest BCUT2D eigenvalue weighted by Gasteiger charge is 2.07. The third-order valence-electron chi connectivity index (χ3n) is 5.48. The zero-order chi connectivity index (χ0) is 24.8. The minimum atomic E-state index is 0. The highest BCUT2D eigenvalue weighted by Crippen LogP contribution is 2.21. The Labute approximate surface area is 227 Å². The third-order valence-corrected chi connectivity index (χ3v) is 5.48. The molecular formula is C36H54. The van der Waals surface area contributed by atoms with E-state index in [9.17, 15) is 0 Å². The molecule has 0 saturated heterocycles. The van der Waals surface area contributed by atoms with Gasteiger partial charge in [0.05, 0.1) is 0 Å². The molecule has 0 aromatic heterocycles. The fraction of sp³-hybridized carbons (Fsp3) is 0.444. The summed E-state index contributed by atoms with van der Waals surface area (Å²) in [6.45, 7) is 24.2. The van der Waals surface area contributed by atoms with Crippen molar-refractivity contribution in [1.29, 1.82) is 0 Å². The van der Waals surface area contributed by atoms with Gasteiger partial charge in [-0.15, -0.1) is 23.7 Å². The molecule has 0 heterocycles. The minimum Gasteiger partial charge on any atom is -0.101 e. The van der Waals surface area contributed by atoms with Crippen molar-refractivity contribution in [3.63, 3.8) is 0 Å². The highest BCUT2D eigenvalue weighted by atomic mass is 14.1. The van der Waals surface area contributed by atoms with Crippen molar-refractivity contribution in [2.24, 2.45) is 0 Å². The van der Waals surface area contributed by atoms with Crippen molar-refractivity contribution < 1.29 is 0 Å². The van der Waals surface area contributed by atoms with Gasteiger partial charge in [-0.2, -0.15) is 0 Å². The minimum absolute atomic E-state index is 0. The molecule has 0 atom stereocenters. The summed E-state index contributed by atoms with van der Waals surface area (Å²) in [7, 11) is 0. The Hall–Kier alpha value is -3.32. The van der Waals surface area contributed by atoms with Gasteiger partial charge >= 0.3 is 0 Å². The lowest BCUT2D eigenvalue weighted by atomic mass is 9.94. The molecule has 0 unspecified atom stereocenters. The Bertz CT molecular complexity index is 1000. The first kappa shape index (κ1) is 42.8. The molecule has 198 valence electrons. The van der Waals surface area contributed by atoms with E-state index >= 15 is 0 Å². The van der Waals surface area contributed by atoms with Crippen LogP contribution in [0, 0.1) is 88.9 Å². The second kappa shape index (κ2) is 22.2. The number of benzene rings is 2. The van der Waals surface area contributed by atoms with Gasteiger partial charge < -0.3 is 0 Å². The fourth-order valence-corrected chi connectivity index (χ4v) is 3.15. The Morgan fingerprint density at radius 2 is 0.528 bits per heavy atom. The molecule has 0 spiro atoms. The van der Waals surface area contributed by atoms with E-state index in [4.69, 9.17) is 0 Å². The van der Waals surface area contributed by atoms with Crippen LogP contribution in [0.1, 0.15) is 127 Å². The molecule has 0 amide bonds. The first-order valence-corrected chi connectivity index (χ1v) is 11.2. The van der Waals surface area contributed by atoms with Gasteiger partial charge in [-0.1, -0.05) is 67.2 Å². The average molecular weight is 487 g/mol. The smallest absolute Gasteiger partial charge is 0.0289 e. The molecule has 0 bridgehead atoms. The van der Waals surface area contributed by atoms with Crippen molar-refractivity contribution in [3.8, 4) is 47.4 Å². The van der Waals surface area contributed by atoms with Gasteiger partial charge in [0.15, 0.2) is 0 Å². The predicted octanol–water partition coefficient (Wildman–Crippen LogP) is 10.3. The van der Waals surface area contributed by atoms with Crippen LogP contribution in [0.3, 0.4) is 0 Å². The monoisotopic (exact) mass is 486 g/mol. The van der Waals surface area contributed by atoms with Crippen molar-refractivity contribution in [3.05, 3.63) is 67.8 Å². The summed E-state index contributed by atoms with van der Waals surface area (Å²) in [5.74, 6) is 24.3. The van der Waals surface area contributed by atoms with Gasteiger partial charge in [-0.3, -0.25) is 0 Å². The lowest BCUT2D eigenvalue weighted by molar-refractivity contribution is 1.24. The zero-order valence-electron chi connectivity index (χ0n) is 22.2. The lowest BCUT2D eigenvalue weighted by Gasteiger charge is -2.09. The van der Waals surface area contributed by atoms with Crippen LogP contribution >= 0.6 is 0 Å². The summed E-state index contributed by atoms with van der Waals surface area (Å²) < 4.78 is 0. The van der Waals surface area contributed by atoms with Crippen LogP contribution in [0.4, 0.5) is 0 Å². The molecule has 0 radical (unpaired) electrons. The van der Waals surface area contributed by atoms with Crippen molar-refractivity contribution in [2.75, 3.05) is 0 Å². The van der Waals surface area contributed by atoms with E-state index in [1.807, 2.05) is 41.5 Å². The van der Waals surface area contributed by atoms with Crippen molar-refractivity contribution in [2.45, 2.75) is 113 Å². The topological polar surface area (TPSA) is 0 Å². The standard InChI is InChI=1S/2C15H16.C2H6.4CH4/c2*1-6-8-14-10-15(9-7-2)13(5)11(3)12(14)4;1-2;;;;/h2*10H,1-5H3;1-2H3;4*1H4. The Kier molecular flexibility index (Phi) is 26.4. The molecule has 0 aliphatic rings. The van der Waals surface area contributed by atoms with E-state index < -0.39 is 0 Å². The molecule has 36 heavy (non-hydrogen) atoms. The third kappa shape index (κ3) is 11.4. The van der Waals surface area contributed by atoms with Crippen LogP contribution < -0.4 is 0 Å². The van der Waals surface area contributed by atoms with Gasteiger partial charge in [-0.05, 0) is 115 Å². The van der Waals surface area contributed by atoms with E-state index in [2.05, 4.69) is 101 Å². The lowest BCUT2D eigenvalue weighted by Crippen LogP contribution is -1.95. The largest absolute Gasteiger partial charge is 0.101 e. The van der Waals surface area contributed by atoms with Crippen LogP contribution in [0.15, 0.2) is 12.1 Å². The summed E-state index contributed by atoms with van der Waals surface area (Å²) in [6.07, 6.45) is 0. The van der Waals surface area contributed by atoms with Crippen LogP contribution in [-0.2, 0) is 0 Å². The summed E-state index contributed by atoms with van der Waals surface area (Å²) in [4.78, 5) is 0. The summed E-state index contributed by atoms with van der Waals surface area (Å²) in [6, 6.07) is 4.18. The molecule has 0 N–H and O–H groups in total. The van der Waals surface area contributed by atoms with Crippen LogP contribution in [0.25, 0.3) is 0 Å². The second-order valence-corrected chi connectivity index (χ2v) is 7.19. The first-order chi connectivity index (χ1) is 15.2. The Morgan fingerprint density at radius 1 is 0.361 bits per heavy atom. The number of hydrogen-bond donors (Lipinski definition) is 0. The normalized spacial score (nSPS) is 7.33. The number of rotatable bonds is 0. The molecule has 0 aliphatic carbocycles. The molecule has 0 fully saturated rings. The Balaban J connectivity index is -0.000000151. The predicted molar refractivity (Wildman–Crippen MR) is 170 cm³/mol. The number of hydrogen-bond acceptors (Lipinski definition) is 0. The van der Waals surface area contributed by atoms with Crippen LogP contribution in [-0.4, -0.2) is 0 Å². The fourth-order valence-electron chi connectivity index (χ4n) is 3.15. The van der Waals surface area contributed by atoms with Crippen molar-refractivity contribution in [1.82, 2.24) is 0 Å². The first-order valence-electron chi connectivity index (χ1n) is 11.2. The molecular weight excluding hydrogens is 432 g/mol. The average Bonchev–Trinajstić information content (AvgIpc) is 2.79. The SMILES string of the molecule is C.C.C.C.CC.CC#Cc1cc(C#CC)c(C)c(C)c1C.CC#Cc1cc(C#CC)c(C)c(C)c1C. The zero-order valence-corrected chi connectivity index (χ0v) is 22.2. The maximum Gasteiger partial charge on any atom is 0.0289 e. The van der Waals surface area contributed by atoms with E-state index in [1.165, 1.54) is 33.4 Å². The van der Waals surface area contributed by atoms with Crippen molar-refractivity contribution >= 4 is 0 Å². The summed E-state index contributed by atoms with van der Waals surface area (Å²) >= 11 is 0. The van der Waals surface area contributed by atoms with Gasteiger partial charge in [-0.25, -0.2) is 0 Å². The van der Waals surface area contributed by atoms with Crippen LogP contribution in [0.2, 0.25) is 0 Å². The van der Waals surface area contributed by atoms with E-state index in [1.54, 1.807) is 0 Å². The van der Waals surface area contributed by atoms with E-state index in [-0.39, 0.29) is 29.7 Å². The second-order valence-electron chi connectivity index (χ2n) is 7.19. The summed E-state index contributed by atoms with van der Waals surface area (Å²) in [5, 5.41) is 0. The van der Waals surface area contributed by atoms with Gasteiger partial charge in [0, 0.05) is 22.3 Å². The van der Waals surface area contributed by atoms with Gasteiger partial charge in [0.2, 0.25) is 0 Å². The maximum absolute atomic E-state index is 3.12. The van der Waals surface area contributed by atoms with Gasteiger partial charge in [0.1, 0.15) is 0 Å². The molecule has 0 aliphatic heterocycles. The van der Waals surface area contributed by atoms with Gasteiger partial charge in [0.25, 0.3) is 0 Å². The molecule has 0 nitrogen and oxygen atoms in total. The quantitative estimate of drug-likeness (QED) is 0.325. The molecule has 2 rings (SSSR count). The molecule has 0 heteroatoms.